The van der Waals surface area contributed by atoms with Gasteiger partial charge in [0, 0.05) is 19.0 Å². The van der Waals surface area contributed by atoms with Crippen molar-refractivity contribution in [1.29, 1.82) is 0 Å². The minimum absolute atomic E-state index is 0.0949. The van der Waals surface area contributed by atoms with Crippen molar-refractivity contribution >= 4 is 21.2 Å². The fraction of sp³-hybridized carbons (Fsp3) is 0.667. The van der Waals surface area contributed by atoms with E-state index in [9.17, 15) is 8.42 Å². The second kappa shape index (κ2) is 4.23. The zero-order valence-corrected chi connectivity index (χ0v) is 7.72. The summed E-state index contributed by atoms with van der Waals surface area (Å²) in [6, 6.07) is 0. The quantitative estimate of drug-likeness (QED) is 0.431. The molecule has 64 valence electrons. The van der Waals surface area contributed by atoms with Crippen LogP contribution in [0.2, 0.25) is 0 Å². The molecule has 0 aliphatic heterocycles. The van der Waals surface area contributed by atoms with Gasteiger partial charge in [-0.25, -0.2) is 13.4 Å². The molecule has 0 heterocycles. The summed E-state index contributed by atoms with van der Waals surface area (Å²) in [5, 5.41) is -0.0949. The number of hydrogen-bond donors (Lipinski definition) is 0. The van der Waals surface area contributed by atoms with Gasteiger partial charge >= 0.3 is 0 Å². The van der Waals surface area contributed by atoms with Gasteiger partial charge in [0.1, 0.15) is 0 Å². The Balaban J connectivity index is 4.78. The van der Waals surface area contributed by atoms with E-state index in [1.54, 1.807) is 13.8 Å². The summed E-state index contributed by atoms with van der Waals surface area (Å²) in [6.45, 7) is 3.84. The van der Waals surface area contributed by atoms with Crippen LogP contribution in [0.5, 0.6) is 0 Å². The van der Waals surface area contributed by atoms with Crippen LogP contribution in [0.4, 0.5) is 0 Å². The van der Waals surface area contributed by atoms with Crippen molar-refractivity contribution in [3.05, 3.63) is 0 Å². The Morgan fingerprint density at radius 3 is 2.36 bits per heavy atom. The number of amidine groups is 1. The number of sulfone groups is 1. The van der Waals surface area contributed by atoms with Crippen molar-refractivity contribution in [3.8, 4) is 0 Å². The lowest BCUT2D eigenvalue weighted by Crippen LogP contribution is -2.10. The van der Waals surface area contributed by atoms with Crippen LogP contribution in [0.1, 0.15) is 13.8 Å². The zero-order valence-electron chi connectivity index (χ0n) is 6.90. The third kappa shape index (κ3) is 3.87. The van der Waals surface area contributed by atoms with E-state index in [4.69, 9.17) is 0 Å². The van der Waals surface area contributed by atoms with Crippen LogP contribution in [-0.2, 0) is 9.84 Å². The smallest absolute Gasteiger partial charge is 0.241 e. The van der Waals surface area contributed by atoms with Gasteiger partial charge in [0.2, 0.25) is 15.0 Å². The fourth-order valence-corrected chi connectivity index (χ4v) is 1.16. The molecular formula is C6H12N2O2S. The molecule has 0 bridgehead atoms. The Kier molecular flexibility index (Phi) is 3.95. The van der Waals surface area contributed by atoms with Crippen LogP contribution in [-0.4, -0.2) is 32.6 Å². The van der Waals surface area contributed by atoms with E-state index in [2.05, 4.69) is 9.98 Å². The molecule has 0 aliphatic carbocycles. The maximum absolute atomic E-state index is 10.9. The zero-order chi connectivity index (χ0) is 8.91. The Bertz CT molecular complexity index is 264. The second-order valence-corrected chi connectivity index (χ2v) is 3.83. The van der Waals surface area contributed by atoms with Crippen molar-refractivity contribution in [2.24, 2.45) is 9.98 Å². The molecule has 0 atom stereocenters. The highest BCUT2D eigenvalue weighted by Gasteiger charge is 2.09. The van der Waals surface area contributed by atoms with Crippen LogP contribution in [0, 0.1) is 0 Å². The molecule has 4 nitrogen and oxygen atoms in total. The van der Waals surface area contributed by atoms with Crippen molar-refractivity contribution in [3.63, 3.8) is 0 Å². The van der Waals surface area contributed by atoms with Gasteiger partial charge in [0.25, 0.3) is 0 Å². The molecule has 0 saturated heterocycles. The fourth-order valence-electron chi connectivity index (χ4n) is 0.500. The lowest BCUT2D eigenvalue weighted by Gasteiger charge is -1.94. The van der Waals surface area contributed by atoms with Crippen molar-refractivity contribution < 1.29 is 8.42 Å². The van der Waals surface area contributed by atoms with Crippen LogP contribution in [0.15, 0.2) is 9.98 Å². The largest absolute Gasteiger partial charge is 0.257 e. The minimum atomic E-state index is -3.24. The summed E-state index contributed by atoms with van der Waals surface area (Å²) in [4.78, 5) is 7.34. The third-order valence-corrected chi connectivity index (χ3v) is 1.76. The van der Waals surface area contributed by atoms with Crippen LogP contribution < -0.4 is 0 Å². The first kappa shape index (κ1) is 10.3. The predicted molar refractivity (Wildman–Crippen MR) is 47.0 cm³/mol. The van der Waals surface area contributed by atoms with Crippen molar-refractivity contribution in [2.45, 2.75) is 13.8 Å². The summed E-state index contributed by atoms with van der Waals surface area (Å²) in [5.41, 5.74) is 0. The highest BCUT2D eigenvalue weighted by molar-refractivity contribution is 8.05. The molecular weight excluding hydrogens is 164 g/mol. The lowest BCUT2D eigenvalue weighted by molar-refractivity contribution is 0.612. The number of hydrogen-bond acceptors (Lipinski definition) is 3. The van der Waals surface area contributed by atoms with Gasteiger partial charge in [-0.05, 0) is 13.8 Å². The molecule has 0 N–H and O–H groups in total. The van der Waals surface area contributed by atoms with Crippen LogP contribution in [0.3, 0.4) is 0 Å². The first-order valence-corrected chi connectivity index (χ1v) is 5.14. The number of aliphatic imine (C=N–C) groups is 2. The molecule has 0 saturated carbocycles. The topological polar surface area (TPSA) is 58.9 Å². The molecule has 0 radical (unpaired) electrons. The van der Waals surface area contributed by atoms with E-state index in [-0.39, 0.29) is 5.17 Å². The lowest BCUT2D eigenvalue weighted by atomic mass is 10.8. The third-order valence-electron chi connectivity index (χ3n) is 0.865. The van der Waals surface area contributed by atoms with Gasteiger partial charge in [0.15, 0.2) is 0 Å². The molecule has 0 fully saturated rings. The van der Waals surface area contributed by atoms with Crippen molar-refractivity contribution in [1.82, 2.24) is 0 Å². The Morgan fingerprint density at radius 1 is 1.55 bits per heavy atom. The summed E-state index contributed by atoms with van der Waals surface area (Å²) in [6.07, 6.45) is 2.50. The van der Waals surface area contributed by atoms with E-state index in [0.29, 0.717) is 6.54 Å². The molecule has 0 rings (SSSR count). The molecule has 0 amide bonds. The standard InChI is InChI=1S/C6H12N2O2S/c1-4-7-6(8-5-2)11(3,9)10/h4H,5H2,1-3H3. The summed E-state index contributed by atoms with van der Waals surface area (Å²) < 4.78 is 21.7. The monoisotopic (exact) mass is 176 g/mol. The summed E-state index contributed by atoms with van der Waals surface area (Å²) >= 11 is 0. The van der Waals surface area contributed by atoms with E-state index < -0.39 is 9.84 Å². The first-order chi connectivity index (χ1) is 5.02. The van der Waals surface area contributed by atoms with E-state index in [1.165, 1.54) is 6.21 Å². The number of rotatable bonds is 1. The van der Waals surface area contributed by atoms with Gasteiger partial charge < -0.3 is 0 Å². The molecule has 0 aliphatic rings. The van der Waals surface area contributed by atoms with E-state index >= 15 is 0 Å². The van der Waals surface area contributed by atoms with Crippen molar-refractivity contribution in [2.75, 3.05) is 12.8 Å². The molecule has 5 heteroatoms. The average molecular weight is 176 g/mol. The Hall–Kier alpha value is -0.710. The Morgan fingerprint density at radius 2 is 2.09 bits per heavy atom. The maximum Gasteiger partial charge on any atom is 0.241 e. The molecule has 11 heavy (non-hydrogen) atoms. The van der Waals surface area contributed by atoms with Crippen LogP contribution in [0.25, 0.3) is 0 Å². The van der Waals surface area contributed by atoms with E-state index in [0.717, 1.165) is 6.26 Å². The summed E-state index contributed by atoms with van der Waals surface area (Å²) in [5.74, 6) is 0. The van der Waals surface area contributed by atoms with Gasteiger partial charge in [-0.1, -0.05) is 0 Å². The molecule has 0 unspecified atom stereocenters. The van der Waals surface area contributed by atoms with Gasteiger partial charge in [-0.2, -0.15) is 0 Å². The van der Waals surface area contributed by atoms with Crippen LogP contribution >= 0.6 is 0 Å². The van der Waals surface area contributed by atoms with Gasteiger partial charge in [-0.15, -0.1) is 0 Å². The highest BCUT2D eigenvalue weighted by atomic mass is 32.2. The first-order valence-electron chi connectivity index (χ1n) is 3.25. The molecule has 0 spiro atoms. The highest BCUT2D eigenvalue weighted by Crippen LogP contribution is 1.91. The summed E-state index contributed by atoms with van der Waals surface area (Å²) in [7, 11) is -3.24. The molecule has 0 aromatic carbocycles. The molecule has 0 aromatic rings. The minimum Gasteiger partial charge on any atom is -0.257 e. The van der Waals surface area contributed by atoms with Gasteiger partial charge in [0.05, 0.1) is 0 Å². The second-order valence-electron chi connectivity index (χ2n) is 1.92. The normalized spacial score (nSPS) is 14.3. The predicted octanol–water partition coefficient (Wildman–Crippen LogP) is 0.498. The maximum atomic E-state index is 10.9. The number of nitrogens with zero attached hydrogens (tertiary/aromatic N) is 2. The Labute approximate surface area is 67.0 Å². The SMILES string of the molecule is CC=NC(=NCC)S(C)(=O)=O. The molecule has 0 aromatic heterocycles. The van der Waals surface area contributed by atoms with E-state index in [1.807, 2.05) is 0 Å². The average Bonchev–Trinajstić information content (AvgIpc) is 1.85. The van der Waals surface area contributed by atoms with Gasteiger partial charge in [-0.3, -0.25) is 4.99 Å².